The van der Waals surface area contributed by atoms with E-state index in [-0.39, 0.29) is 11.7 Å². The largest absolute Gasteiger partial charge is 0.373 e. The van der Waals surface area contributed by atoms with E-state index in [0.29, 0.717) is 18.7 Å². The SMILES string of the molecule is CNc1nccc2cc(CNC(=O)c3cncc(CN4CCN(Cc5ccccc5F)CC4)c3)ccc12. The summed E-state index contributed by atoms with van der Waals surface area (Å²) in [7, 11) is 1.85. The Bertz CT molecular complexity index is 1390. The molecule has 7 nitrogen and oxygen atoms in total. The Hall–Kier alpha value is -3.88. The molecule has 0 spiro atoms. The number of nitrogens with zero attached hydrogens (tertiary/aromatic N) is 4. The van der Waals surface area contributed by atoms with Gasteiger partial charge in [0.15, 0.2) is 0 Å². The van der Waals surface area contributed by atoms with Crippen LogP contribution >= 0.6 is 0 Å². The number of pyridine rings is 2. The van der Waals surface area contributed by atoms with Crippen LogP contribution in [0.25, 0.3) is 10.8 Å². The van der Waals surface area contributed by atoms with Gasteiger partial charge in [-0.3, -0.25) is 19.6 Å². The third kappa shape index (κ3) is 6.10. The zero-order chi connectivity index (χ0) is 25.6. The van der Waals surface area contributed by atoms with Crippen molar-refractivity contribution in [1.82, 2.24) is 25.1 Å². The van der Waals surface area contributed by atoms with Crippen LogP contribution in [0.1, 0.15) is 27.0 Å². The van der Waals surface area contributed by atoms with Crippen LogP contribution < -0.4 is 10.6 Å². The molecule has 1 aliphatic rings. The summed E-state index contributed by atoms with van der Waals surface area (Å²) in [6, 6.07) is 16.9. The lowest BCUT2D eigenvalue weighted by Crippen LogP contribution is -2.45. The van der Waals surface area contributed by atoms with E-state index in [1.54, 1.807) is 18.5 Å². The maximum Gasteiger partial charge on any atom is 0.253 e. The van der Waals surface area contributed by atoms with Gasteiger partial charge in [-0.1, -0.05) is 30.3 Å². The summed E-state index contributed by atoms with van der Waals surface area (Å²) in [5, 5.41) is 8.23. The Morgan fingerprint density at radius 1 is 0.946 bits per heavy atom. The lowest BCUT2D eigenvalue weighted by atomic mass is 10.1. The number of nitrogens with one attached hydrogen (secondary N) is 2. The van der Waals surface area contributed by atoms with E-state index in [9.17, 15) is 9.18 Å². The first-order valence-corrected chi connectivity index (χ1v) is 12.5. The Kier molecular flexibility index (Phi) is 7.67. The lowest BCUT2D eigenvalue weighted by Gasteiger charge is -2.34. The second kappa shape index (κ2) is 11.5. The summed E-state index contributed by atoms with van der Waals surface area (Å²) < 4.78 is 14.0. The number of anilines is 1. The number of fused-ring (bicyclic) bond motifs is 1. The van der Waals surface area contributed by atoms with Gasteiger partial charge in [-0.05, 0) is 40.8 Å². The van der Waals surface area contributed by atoms with E-state index in [4.69, 9.17) is 0 Å². The molecule has 2 aromatic carbocycles. The van der Waals surface area contributed by atoms with Gasteiger partial charge in [-0.25, -0.2) is 9.37 Å². The number of carbonyl (C=O) groups excluding carboxylic acids is 1. The summed E-state index contributed by atoms with van der Waals surface area (Å²) in [5.41, 5.74) is 3.32. The monoisotopic (exact) mass is 498 g/mol. The molecule has 1 amide bonds. The Labute approximate surface area is 216 Å². The van der Waals surface area contributed by atoms with Crippen LogP contribution in [0.3, 0.4) is 0 Å². The molecular weight excluding hydrogens is 467 g/mol. The quantitative estimate of drug-likeness (QED) is 0.382. The van der Waals surface area contributed by atoms with Crippen LogP contribution in [0.5, 0.6) is 0 Å². The smallest absolute Gasteiger partial charge is 0.253 e. The van der Waals surface area contributed by atoms with Gasteiger partial charge in [0.05, 0.1) is 5.56 Å². The van der Waals surface area contributed by atoms with Crippen LogP contribution in [-0.4, -0.2) is 58.9 Å². The van der Waals surface area contributed by atoms with Crippen LogP contribution in [0.15, 0.2) is 73.2 Å². The maximum absolute atomic E-state index is 14.0. The average molecular weight is 499 g/mol. The highest BCUT2D eigenvalue weighted by molar-refractivity contribution is 5.94. The number of piperazine rings is 1. The van der Waals surface area contributed by atoms with Crippen molar-refractivity contribution in [2.45, 2.75) is 19.6 Å². The molecule has 0 aliphatic carbocycles. The number of hydrogen-bond acceptors (Lipinski definition) is 6. The van der Waals surface area contributed by atoms with Gasteiger partial charge >= 0.3 is 0 Å². The van der Waals surface area contributed by atoms with E-state index < -0.39 is 0 Å². The van der Waals surface area contributed by atoms with Gasteiger partial charge in [-0.2, -0.15) is 0 Å². The number of amides is 1. The minimum absolute atomic E-state index is 0.144. The molecule has 1 saturated heterocycles. The normalized spacial score (nSPS) is 14.5. The van der Waals surface area contributed by atoms with E-state index >= 15 is 0 Å². The highest BCUT2D eigenvalue weighted by atomic mass is 19.1. The molecule has 0 atom stereocenters. The predicted molar refractivity (Wildman–Crippen MR) is 144 cm³/mol. The van der Waals surface area contributed by atoms with Crippen molar-refractivity contribution in [2.24, 2.45) is 0 Å². The molecule has 3 heterocycles. The molecule has 0 saturated carbocycles. The second-order valence-electron chi connectivity index (χ2n) is 9.37. The van der Waals surface area contributed by atoms with Crippen molar-refractivity contribution in [2.75, 3.05) is 38.5 Å². The molecule has 1 fully saturated rings. The summed E-state index contributed by atoms with van der Waals surface area (Å²) >= 11 is 0. The van der Waals surface area contributed by atoms with Crippen LogP contribution in [0.4, 0.5) is 10.2 Å². The molecular formula is C29H31FN6O. The second-order valence-corrected chi connectivity index (χ2v) is 9.37. The van der Waals surface area contributed by atoms with Gasteiger partial charge in [0.25, 0.3) is 5.91 Å². The minimum atomic E-state index is -0.146. The molecule has 2 N–H and O–H groups in total. The van der Waals surface area contributed by atoms with Gasteiger partial charge in [-0.15, -0.1) is 0 Å². The first kappa shape index (κ1) is 24.8. The summed E-state index contributed by atoms with van der Waals surface area (Å²) in [4.78, 5) is 26.1. The Morgan fingerprint density at radius 2 is 1.73 bits per heavy atom. The number of aromatic nitrogens is 2. The minimum Gasteiger partial charge on any atom is -0.373 e. The zero-order valence-corrected chi connectivity index (χ0v) is 21.0. The van der Waals surface area contributed by atoms with Crippen molar-refractivity contribution < 1.29 is 9.18 Å². The van der Waals surface area contributed by atoms with Crippen molar-refractivity contribution in [3.05, 3.63) is 101 Å². The third-order valence-corrected chi connectivity index (χ3v) is 6.80. The number of benzene rings is 2. The molecule has 37 heavy (non-hydrogen) atoms. The number of rotatable bonds is 8. The van der Waals surface area contributed by atoms with Gasteiger partial charge in [0.1, 0.15) is 11.6 Å². The number of carbonyl (C=O) groups is 1. The van der Waals surface area contributed by atoms with Crippen LogP contribution in [-0.2, 0) is 19.6 Å². The highest BCUT2D eigenvalue weighted by Crippen LogP contribution is 2.22. The Balaban J connectivity index is 1.14. The predicted octanol–water partition coefficient (Wildman–Crippen LogP) is 4.06. The van der Waals surface area contributed by atoms with Gasteiger partial charge < -0.3 is 10.6 Å². The van der Waals surface area contributed by atoms with Crippen molar-refractivity contribution in [1.29, 1.82) is 0 Å². The maximum atomic E-state index is 14.0. The van der Waals surface area contributed by atoms with Crippen molar-refractivity contribution >= 4 is 22.5 Å². The first-order chi connectivity index (χ1) is 18.1. The fraction of sp³-hybridized carbons (Fsp3) is 0.276. The fourth-order valence-electron chi connectivity index (χ4n) is 4.75. The van der Waals surface area contributed by atoms with Crippen molar-refractivity contribution in [3.8, 4) is 0 Å². The standard InChI is InChI=1S/C29H31FN6O/c1-31-28-26-7-6-21(14-23(26)8-9-33-28)17-34-29(37)25-15-22(16-32-18-25)19-35-10-12-36(13-11-35)20-24-4-2-3-5-27(24)30/h2-9,14-16,18H,10-13,17,19-20H2,1H3,(H,31,33)(H,34,37). The summed E-state index contributed by atoms with van der Waals surface area (Å²) in [6.45, 7) is 5.31. The molecule has 1 aliphatic heterocycles. The van der Waals surface area contributed by atoms with Crippen LogP contribution in [0.2, 0.25) is 0 Å². The van der Waals surface area contributed by atoms with Crippen LogP contribution in [0, 0.1) is 5.82 Å². The van der Waals surface area contributed by atoms with Gasteiger partial charge in [0.2, 0.25) is 0 Å². The fourth-order valence-corrected chi connectivity index (χ4v) is 4.75. The van der Waals surface area contributed by atoms with Gasteiger partial charge in [0, 0.05) is 82.4 Å². The summed E-state index contributed by atoms with van der Waals surface area (Å²) in [5.74, 6) is 0.546. The average Bonchev–Trinajstić information content (AvgIpc) is 2.93. The Morgan fingerprint density at radius 3 is 2.51 bits per heavy atom. The molecule has 8 heteroatoms. The molecule has 0 unspecified atom stereocenters. The molecule has 0 bridgehead atoms. The van der Waals surface area contributed by atoms with Crippen molar-refractivity contribution in [3.63, 3.8) is 0 Å². The molecule has 2 aromatic heterocycles. The molecule has 4 aromatic rings. The molecule has 0 radical (unpaired) electrons. The van der Waals surface area contributed by atoms with E-state index in [1.807, 2.05) is 49.6 Å². The molecule has 190 valence electrons. The lowest BCUT2D eigenvalue weighted by molar-refractivity contribution is 0.0950. The highest BCUT2D eigenvalue weighted by Gasteiger charge is 2.19. The van der Waals surface area contributed by atoms with E-state index in [0.717, 1.165) is 66.0 Å². The first-order valence-electron chi connectivity index (χ1n) is 12.5. The molecule has 5 rings (SSSR count). The topological polar surface area (TPSA) is 73.4 Å². The number of hydrogen-bond donors (Lipinski definition) is 2. The van der Waals surface area contributed by atoms with E-state index in [2.05, 4.69) is 36.5 Å². The third-order valence-electron chi connectivity index (χ3n) is 6.80. The van der Waals surface area contributed by atoms with E-state index in [1.165, 1.54) is 6.07 Å². The number of halogens is 1. The summed E-state index contributed by atoms with van der Waals surface area (Å²) in [6.07, 6.45) is 5.20. The zero-order valence-electron chi connectivity index (χ0n) is 21.0.